The molecular formula is C16H20BrNO5. The number of ether oxygens (including phenoxy) is 3. The van der Waals surface area contributed by atoms with Gasteiger partial charge in [-0.3, -0.25) is 4.79 Å². The van der Waals surface area contributed by atoms with Crippen molar-refractivity contribution < 1.29 is 23.8 Å². The summed E-state index contributed by atoms with van der Waals surface area (Å²) in [6.07, 6.45) is 1.12. The van der Waals surface area contributed by atoms with Crippen LogP contribution in [0.25, 0.3) is 0 Å². The van der Waals surface area contributed by atoms with E-state index in [0.29, 0.717) is 22.6 Å². The lowest BCUT2D eigenvalue weighted by Gasteiger charge is -2.15. The summed E-state index contributed by atoms with van der Waals surface area (Å²) in [5, 5.41) is 2.80. The Morgan fingerprint density at radius 3 is 2.65 bits per heavy atom. The van der Waals surface area contributed by atoms with Crippen molar-refractivity contribution in [3.8, 4) is 11.5 Å². The Bertz CT molecular complexity index is 600. The van der Waals surface area contributed by atoms with Gasteiger partial charge < -0.3 is 19.5 Å². The van der Waals surface area contributed by atoms with Crippen molar-refractivity contribution >= 4 is 27.8 Å². The largest absolute Gasteiger partial charge is 0.492 e. The molecule has 0 aliphatic heterocycles. The van der Waals surface area contributed by atoms with Crippen LogP contribution < -0.4 is 14.8 Å². The number of nitrogens with one attached hydrogen (secondary N) is 1. The van der Waals surface area contributed by atoms with Crippen LogP contribution in [0.15, 0.2) is 16.6 Å². The van der Waals surface area contributed by atoms with E-state index in [1.54, 1.807) is 19.1 Å². The molecule has 1 aliphatic carbocycles. The highest BCUT2D eigenvalue weighted by atomic mass is 79.9. The highest BCUT2D eigenvalue weighted by molar-refractivity contribution is 9.10. The van der Waals surface area contributed by atoms with Gasteiger partial charge in [0, 0.05) is 6.04 Å². The van der Waals surface area contributed by atoms with E-state index in [4.69, 9.17) is 14.2 Å². The third-order valence-electron chi connectivity index (χ3n) is 3.33. The first-order chi connectivity index (χ1) is 11.0. The van der Waals surface area contributed by atoms with Gasteiger partial charge in [0.1, 0.15) is 0 Å². The maximum atomic E-state index is 12.2. The van der Waals surface area contributed by atoms with Crippen LogP contribution in [0, 0.1) is 0 Å². The predicted octanol–water partition coefficient (Wildman–Crippen LogP) is 2.68. The molecule has 1 aliphatic rings. The zero-order chi connectivity index (χ0) is 17.0. The lowest BCUT2D eigenvalue weighted by molar-refractivity contribution is -0.129. The number of methoxy groups -OCH3 is 1. The minimum atomic E-state index is -0.848. The van der Waals surface area contributed by atoms with Gasteiger partial charge in [-0.25, -0.2) is 4.79 Å². The molecule has 1 amide bonds. The van der Waals surface area contributed by atoms with E-state index < -0.39 is 12.1 Å². The monoisotopic (exact) mass is 385 g/mol. The third kappa shape index (κ3) is 4.60. The maximum absolute atomic E-state index is 12.2. The normalized spacial score (nSPS) is 14.8. The highest BCUT2D eigenvalue weighted by Gasteiger charge is 2.27. The van der Waals surface area contributed by atoms with E-state index in [0.717, 1.165) is 12.8 Å². The predicted molar refractivity (Wildman–Crippen MR) is 87.9 cm³/mol. The van der Waals surface area contributed by atoms with Gasteiger partial charge in [0.25, 0.3) is 5.91 Å². The molecule has 1 fully saturated rings. The minimum absolute atomic E-state index is 0.225. The van der Waals surface area contributed by atoms with Crippen LogP contribution in [0.4, 0.5) is 0 Å². The van der Waals surface area contributed by atoms with E-state index in [1.807, 2.05) is 6.92 Å². The lowest BCUT2D eigenvalue weighted by Crippen LogP contribution is -2.37. The molecule has 6 nitrogen and oxygen atoms in total. The number of benzene rings is 1. The van der Waals surface area contributed by atoms with Crippen LogP contribution in [0.1, 0.15) is 37.0 Å². The van der Waals surface area contributed by atoms with Crippen LogP contribution >= 0.6 is 15.9 Å². The second-order valence-corrected chi connectivity index (χ2v) is 6.11. The first-order valence-electron chi connectivity index (χ1n) is 7.48. The molecule has 7 heteroatoms. The van der Waals surface area contributed by atoms with Gasteiger partial charge in [0.15, 0.2) is 17.6 Å². The number of carbonyl (C=O) groups excluding carboxylic acids is 2. The van der Waals surface area contributed by atoms with Gasteiger partial charge in [0.05, 0.1) is 23.8 Å². The molecule has 1 aromatic carbocycles. The number of amides is 1. The maximum Gasteiger partial charge on any atom is 0.339 e. The Hall–Kier alpha value is -1.76. The van der Waals surface area contributed by atoms with Crippen LogP contribution in [-0.2, 0) is 9.53 Å². The summed E-state index contributed by atoms with van der Waals surface area (Å²) in [7, 11) is 1.52. The van der Waals surface area contributed by atoms with E-state index in [9.17, 15) is 9.59 Å². The molecule has 0 spiro atoms. The summed E-state index contributed by atoms with van der Waals surface area (Å²) in [5.41, 5.74) is 0.284. The number of hydrogen-bond acceptors (Lipinski definition) is 5. The second-order valence-electron chi connectivity index (χ2n) is 5.25. The molecule has 0 bridgehead atoms. The van der Waals surface area contributed by atoms with Crippen LogP contribution in [0.2, 0.25) is 0 Å². The summed E-state index contributed by atoms with van der Waals surface area (Å²) in [6, 6.07) is 3.35. The molecule has 1 N–H and O–H groups in total. The van der Waals surface area contributed by atoms with E-state index in [1.165, 1.54) is 7.11 Å². The minimum Gasteiger partial charge on any atom is -0.492 e. The number of halogens is 1. The Morgan fingerprint density at radius 2 is 2.09 bits per heavy atom. The zero-order valence-electron chi connectivity index (χ0n) is 13.3. The molecule has 0 aromatic heterocycles. The number of rotatable bonds is 7. The average Bonchev–Trinajstić information content (AvgIpc) is 3.31. The standard InChI is InChI=1S/C16H20BrNO5/c1-4-22-13-8-10(7-12(17)14(13)21-3)16(20)23-9(2)15(19)18-11-5-6-11/h7-9,11H,4-6H2,1-3H3,(H,18,19)/t9-/m0/s1. The van der Waals surface area contributed by atoms with E-state index in [-0.39, 0.29) is 17.5 Å². The molecule has 0 radical (unpaired) electrons. The van der Waals surface area contributed by atoms with Crippen molar-refractivity contribution in [1.29, 1.82) is 0 Å². The molecule has 126 valence electrons. The topological polar surface area (TPSA) is 73.9 Å². The van der Waals surface area contributed by atoms with Gasteiger partial charge in [-0.2, -0.15) is 0 Å². The van der Waals surface area contributed by atoms with Gasteiger partial charge >= 0.3 is 5.97 Å². The van der Waals surface area contributed by atoms with Crippen LogP contribution in [0.3, 0.4) is 0 Å². The van der Waals surface area contributed by atoms with Crippen molar-refractivity contribution in [2.45, 2.75) is 38.8 Å². The fraction of sp³-hybridized carbons (Fsp3) is 0.500. The molecule has 0 saturated heterocycles. The first kappa shape index (κ1) is 17.6. The molecule has 1 aromatic rings. The Labute approximate surface area is 143 Å². The molecule has 0 heterocycles. The first-order valence-corrected chi connectivity index (χ1v) is 8.27. The fourth-order valence-electron chi connectivity index (χ4n) is 1.98. The summed E-state index contributed by atoms with van der Waals surface area (Å²) < 4.78 is 16.5. The zero-order valence-corrected chi connectivity index (χ0v) is 14.9. The average molecular weight is 386 g/mol. The third-order valence-corrected chi connectivity index (χ3v) is 3.92. The van der Waals surface area contributed by atoms with Crippen LogP contribution in [0.5, 0.6) is 11.5 Å². The fourth-order valence-corrected chi connectivity index (χ4v) is 2.58. The highest BCUT2D eigenvalue weighted by Crippen LogP contribution is 2.36. The van der Waals surface area contributed by atoms with E-state index in [2.05, 4.69) is 21.2 Å². The summed E-state index contributed by atoms with van der Waals surface area (Å²) in [5.74, 6) is 0.0700. The van der Waals surface area contributed by atoms with E-state index >= 15 is 0 Å². The van der Waals surface area contributed by atoms with Gasteiger partial charge in [-0.05, 0) is 54.8 Å². The van der Waals surface area contributed by atoms with Crippen molar-refractivity contribution in [1.82, 2.24) is 5.32 Å². The molecular weight excluding hydrogens is 366 g/mol. The number of esters is 1. The summed E-state index contributed by atoms with van der Waals surface area (Å²) >= 11 is 3.34. The number of hydrogen-bond donors (Lipinski definition) is 1. The molecule has 23 heavy (non-hydrogen) atoms. The van der Waals surface area contributed by atoms with Crippen molar-refractivity contribution in [2.75, 3.05) is 13.7 Å². The molecule has 1 saturated carbocycles. The Kier molecular flexibility index (Phi) is 5.87. The smallest absolute Gasteiger partial charge is 0.339 e. The molecule has 0 unspecified atom stereocenters. The van der Waals surface area contributed by atoms with Crippen molar-refractivity contribution in [3.63, 3.8) is 0 Å². The van der Waals surface area contributed by atoms with Gasteiger partial charge in [-0.15, -0.1) is 0 Å². The Balaban J connectivity index is 2.10. The van der Waals surface area contributed by atoms with Crippen molar-refractivity contribution in [3.05, 3.63) is 22.2 Å². The quantitative estimate of drug-likeness (QED) is 0.730. The van der Waals surface area contributed by atoms with Crippen molar-refractivity contribution in [2.24, 2.45) is 0 Å². The lowest BCUT2D eigenvalue weighted by atomic mass is 10.2. The summed E-state index contributed by atoms with van der Waals surface area (Å²) in [4.78, 5) is 24.1. The summed E-state index contributed by atoms with van der Waals surface area (Å²) in [6.45, 7) is 3.82. The van der Waals surface area contributed by atoms with Crippen LogP contribution in [-0.4, -0.2) is 37.7 Å². The SMILES string of the molecule is CCOc1cc(C(=O)O[C@@H](C)C(=O)NC2CC2)cc(Br)c1OC. The Morgan fingerprint density at radius 1 is 1.39 bits per heavy atom. The molecule has 1 atom stereocenters. The molecule has 2 rings (SSSR count). The van der Waals surface area contributed by atoms with Gasteiger partial charge in [0.2, 0.25) is 0 Å². The van der Waals surface area contributed by atoms with Gasteiger partial charge in [-0.1, -0.05) is 0 Å². The second kappa shape index (κ2) is 7.68. The number of carbonyl (C=O) groups is 2.